The van der Waals surface area contributed by atoms with E-state index in [-0.39, 0.29) is 11.8 Å². The number of rotatable bonds is 8. The number of hydrogen-bond acceptors (Lipinski definition) is 4. The molecule has 0 saturated heterocycles. The summed E-state index contributed by atoms with van der Waals surface area (Å²) in [5.74, 6) is -0.458. The van der Waals surface area contributed by atoms with Crippen LogP contribution in [0.3, 0.4) is 0 Å². The van der Waals surface area contributed by atoms with Crippen LogP contribution in [0.25, 0.3) is 0 Å². The first-order chi connectivity index (χ1) is 15.4. The summed E-state index contributed by atoms with van der Waals surface area (Å²) < 4.78 is 6.02. The summed E-state index contributed by atoms with van der Waals surface area (Å²) in [6.07, 6.45) is 1.10. The minimum atomic E-state index is -0.446. The van der Waals surface area contributed by atoms with Crippen molar-refractivity contribution in [2.24, 2.45) is 0 Å². The molecule has 3 aromatic rings. The molecule has 3 aromatic carbocycles. The molecule has 3 rings (SSSR count). The van der Waals surface area contributed by atoms with E-state index >= 15 is 0 Å². The summed E-state index contributed by atoms with van der Waals surface area (Å²) in [5, 5.41) is 5.71. The summed E-state index contributed by atoms with van der Waals surface area (Å²) in [4.78, 5) is 35.6. The molecule has 7 heteroatoms. The molecule has 0 saturated carbocycles. The van der Waals surface area contributed by atoms with Crippen LogP contribution >= 0.6 is 15.9 Å². The molecule has 0 aliphatic rings. The van der Waals surface area contributed by atoms with Gasteiger partial charge in [-0.2, -0.15) is 0 Å². The Hall–Kier alpha value is -3.45. The Morgan fingerprint density at radius 3 is 2.28 bits per heavy atom. The van der Waals surface area contributed by atoms with Crippen LogP contribution in [0.1, 0.15) is 34.8 Å². The summed E-state index contributed by atoms with van der Waals surface area (Å²) in [5.41, 5.74) is 3.04. The van der Waals surface area contributed by atoms with Crippen LogP contribution in [-0.2, 0) is 22.6 Å². The minimum absolute atomic E-state index is 0.0158. The highest BCUT2D eigenvalue weighted by Gasteiger charge is 2.09. The van der Waals surface area contributed by atoms with E-state index in [4.69, 9.17) is 4.74 Å². The number of halogens is 1. The second-order valence-corrected chi connectivity index (χ2v) is 8.09. The zero-order valence-corrected chi connectivity index (χ0v) is 19.1. The van der Waals surface area contributed by atoms with E-state index in [9.17, 15) is 14.4 Å². The first-order valence-corrected chi connectivity index (χ1v) is 10.9. The summed E-state index contributed by atoms with van der Waals surface area (Å²) in [7, 11) is 0. The van der Waals surface area contributed by atoms with Crippen LogP contribution in [0, 0.1) is 0 Å². The summed E-state index contributed by atoms with van der Waals surface area (Å²) >= 11 is 3.40. The molecule has 0 aromatic heterocycles. The fourth-order valence-corrected chi connectivity index (χ4v) is 3.24. The largest absolute Gasteiger partial charge is 0.427 e. The molecule has 2 N–H and O–H groups in total. The van der Waals surface area contributed by atoms with Gasteiger partial charge in [0.25, 0.3) is 5.91 Å². The normalized spacial score (nSPS) is 10.3. The summed E-state index contributed by atoms with van der Waals surface area (Å²) in [6, 6.07) is 21.6. The van der Waals surface area contributed by atoms with Crippen molar-refractivity contribution in [3.05, 3.63) is 94.0 Å². The maximum Gasteiger partial charge on any atom is 0.308 e. The average Bonchev–Trinajstić information content (AvgIpc) is 2.78. The molecular formula is C25H23BrN2O4. The Bertz CT molecular complexity index is 1100. The van der Waals surface area contributed by atoms with Gasteiger partial charge in [-0.05, 0) is 60.0 Å². The van der Waals surface area contributed by atoms with Crippen LogP contribution in [0.15, 0.2) is 77.3 Å². The molecule has 0 bridgehead atoms. The van der Waals surface area contributed by atoms with Crippen LogP contribution in [0.2, 0.25) is 0 Å². The quantitative estimate of drug-likeness (QED) is 0.345. The third-order valence-corrected chi connectivity index (χ3v) is 5.14. The number of nitrogens with one attached hydrogen (secondary N) is 2. The summed E-state index contributed by atoms with van der Waals surface area (Å²) in [6.45, 7) is 1.72. The van der Waals surface area contributed by atoms with Gasteiger partial charge in [-0.1, -0.05) is 46.3 Å². The first kappa shape index (κ1) is 23.2. The SMILES string of the molecule is CC(=O)Oc1cccc(C(=O)Nc2ccc(CNC(=O)CCc3ccc(Br)cc3)cc2)c1. The lowest BCUT2D eigenvalue weighted by Gasteiger charge is -2.09. The van der Waals surface area contributed by atoms with E-state index in [2.05, 4.69) is 26.6 Å². The molecule has 2 amide bonds. The molecule has 0 atom stereocenters. The fraction of sp³-hybridized carbons (Fsp3) is 0.160. The Kier molecular flexibility index (Phi) is 8.16. The second kappa shape index (κ2) is 11.2. The highest BCUT2D eigenvalue weighted by atomic mass is 79.9. The van der Waals surface area contributed by atoms with Gasteiger partial charge in [0.1, 0.15) is 5.75 Å². The number of amides is 2. The standard InChI is InChI=1S/C25H23BrN2O4/c1-17(29)32-23-4-2-3-20(15-23)25(31)28-22-12-7-19(8-13-22)16-27-24(30)14-9-18-5-10-21(26)11-6-18/h2-8,10-13,15H,9,14,16H2,1H3,(H,27,30)(H,28,31). The number of carbonyl (C=O) groups excluding carboxylic acids is 3. The van der Waals surface area contributed by atoms with Crippen LogP contribution in [-0.4, -0.2) is 17.8 Å². The van der Waals surface area contributed by atoms with Gasteiger partial charge in [-0.3, -0.25) is 14.4 Å². The van der Waals surface area contributed by atoms with E-state index in [0.717, 1.165) is 15.6 Å². The van der Waals surface area contributed by atoms with E-state index in [0.29, 0.717) is 36.4 Å². The van der Waals surface area contributed by atoms with Crippen LogP contribution < -0.4 is 15.4 Å². The Morgan fingerprint density at radius 2 is 1.59 bits per heavy atom. The zero-order chi connectivity index (χ0) is 22.9. The number of carbonyl (C=O) groups is 3. The van der Waals surface area contributed by atoms with E-state index in [1.54, 1.807) is 30.3 Å². The molecule has 32 heavy (non-hydrogen) atoms. The van der Waals surface area contributed by atoms with Gasteiger partial charge in [-0.15, -0.1) is 0 Å². The molecule has 0 aliphatic heterocycles. The first-order valence-electron chi connectivity index (χ1n) is 10.1. The smallest absolute Gasteiger partial charge is 0.308 e. The lowest BCUT2D eigenvalue weighted by atomic mass is 10.1. The predicted molar refractivity (Wildman–Crippen MR) is 126 cm³/mol. The lowest BCUT2D eigenvalue weighted by molar-refractivity contribution is -0.131. The van der Waals surface area contributed by atoms with Crippen molar-refractivity contribution in [1.82, 2.24) is 5.32 Å². The van der Waals surface area contributed by atoms with Gasteiger partial charge >= 0.3 is 5.97 Å². The number of hydrogen-bond donors (Lipinski definition) is 2. The molecule has 0 heterocycles. The highest BCUT2D eigenvalue weighted by Crippen LogP contribution is 2.16. The molecule has 0 spiro atoms. The van der Waals surface area contributed by atoms with Gasteiger partial charge in [-0.25, -0.2) is 0 Å². The van der Waals surface area contributed by atoms with Crippen molar-refractivity contribution < 1.29 is 19.1 Å². The average molecular weight is 495 g/mol. The van der Waals surface area contributed by atoms with Crippen molar-refractivity contribution in [3.8, 4) is 5.75 Å². The minimum Gasteiger partial charge on any atom is -0.427 e. The molecule has 0 fully saturated rings. The Labute approximate surface area is 195 Å². The maximum atomic E-state index is 12.4. The van der Waals surface area contributed by atoms with Crippen molar-refractivity contribution in [2.75, 3.05) is 5.32 Å². The predicted octanol–water partition coefficient (Wildman–Crippen LogP) is 4.88. The highest BCUT2D eigenvalue weighted by molar-refractivity contribution is 9.10. The van der Waals surface area contributed by atoms with Crippen molar-refractivity contribution in [2.45, 2.75) is 26.3 Å². The van der Waals surface area contributed by atoms with E-state index in [1.165, 1.54) is 13.0 Å². The number of ether oxygens (including phenoxy) is 1. The van der Waals surface area contributed by atoms with E-state index in [1.807, 2.05) is 36.4 Å². The zero-order valence-electron chi connectivity index (χ0n) is 17.6. The van der Waals surface area contributed by atoms with Crippen LogP contribution in [0.4, 0.5) is 5.69 Å². The van der Waals surface area contributed by atoms with Gasteiger partial charge in [0.15, 0.2) is 0 Å². The van der Waals surface area contributed by atoms with Gasteiger partial charge in [0.05, 0.1) is 0 Å². The second-order valence-electron chi connectivity index (χ2n) is 7.18. The van der Waals surface area contributed by atoms with Crippen molar-refractivity contribution >= 4 is 39.4 Å². The Balaban J connectivity index is 1.47. The fourth-order valence-electron chi connectivity index (χ4n) is 2.97. The van der Waals surface area contributed by atoms with Crippen molar-refractivity contribution in [1.29, 1.82) is 0 Å². The topological polar surface area (TPSA) is 84.5 Å². The maximum absolute atomic E-state index is 12.4. The number of esters is 1. The third-order valence-electron chi connectivity index (χ3n) is 4.61. The van der Waals surface area contributed by atoms with Crippen LogP contribution in [0.5, 0.6) is 5.75 Å². The van der Waals surface area contributed by atoms with Gasteiger partial charge in [0.2, 0.25) is 5.91 Å². The lowest BCUT2D eigenvalue weighted by Crippen LogP contribution is -2.23. The molecule has 6 nitrogen and oxygen atoms in total. The number of anilines is 1. The molecule has 164 valence electrons. The number of aryl methyl sites for hydroxylation is 1. The van der Waals surface area contributed by atoms with Gasteiger partial charge in [0, 0.05) is 35.6 Å². The molecule has 0 aliphatic carbocycles. The third kappa shape index (κ3) is 7.35. The molecule has 0 radical (unpaired) electrons. The van der Waals surface area contributed by atoms with Gasteiger partial charge < -0.3 is 15.4 Å². The number of benzene rings is 3. The Morgan fingerprint density at radius 1 is 0.906 bits per heavy atom. The van der Waals surface area contributed by atoms with E-state index < -0.39 is 5.97 Å². The monoisotopic (exact) mass is 494 g/mol. The van der Waals surface area contributed by atoms with Crippen molar-refractivity contribution in [3.63, 3.8) is 0 Å². The molecule has 0 unspecified atom stereocenters. The molecular weight excluding hydrogens is 472 g/mol.